The van der Waals surface area contributed by atoms with Gasteiger partial charge in [-0.05, 0) is 32.4 Å². The molecule has 1 N–H and O–H groups in total. The fourth-order valence-electron chi connectivity index (χ4n) is 1.86. The maximum Gasteiger partial charge on any atom is 0.223 e. The largest absolute Gasteiger partial charge is 0.370 e. The highest BCUT2D eigenvalue weighted by Crippen LogP contribution is 2.29. The Morgan fingerprint density at radius 2 is 2.33 bits per heavy atom. The highest BCUT2D eigenvalue weighted by atomic mass is 16.5. The van der Waals surface area contributed by atoms with Crippen molar-refractivity contribution in [1.82, 2.24) is 15.5 Å². The maximum absolute atomic E-state index is 5.64. The molecular weight excluding hydrogens is 194 g/mol. The molecule has 1 aromatic heterocycles. The summed E-state index contributed by atoms with van der Waals surface area (Å²) < 4.78 is 10.5. The molecule has 0 aliphatic heterocycles. The molecule has 1 saturated carbocycles. The van der Waals surface area contributed by atoms with Crippen LogP contribution in [-0.4, -0.2) is 29.8 Å². The molecule has 15 heavy (non-hydrogen) atoms. The van der Waals surface area contributed by atoms with E-state index in [-0.39, 0.29) is 0 Å². The molecule has 1 aliphatic rings. The van der Waals surface area contributed by atoms with Gasteiger partial charge >= 0.3 is 0 Å². The highest BCUT2D eigenvalue weighted by Gasteiger charge is 2.29. The summed E-state index contributed by atoms with van der Waals surface area (Å²) in [7, 11) is 1.98. The summed E-state index contributed by atoms with van der Waals surface area (Å²) in [5, 5.41) is 6.95. The van der Waals surface area contributed by atoms with Gasteiger partial charge in [0.15, 0.2) is 5.82 Å². The van der Waals surface area contributed by atoms with Gasteiger partial charge in [0.1, 0.15) is 6.61 Å². The van der Waals surface area contributed by atoms with Gasteiger partial charge in [-0.15, -0.1) is 0 Å². The third-order valence-electron chi connectivity index (χ3n) is 2.70. The number of aromatic nitrogens is 2. The number of aryl methyl sites for hydroxylation is 1. The quantitative estimate of drug-likeness (QED) is 0.783. The Kier molecular flexibility index (Phi) is 3.33. The van der Waals surface area contributed by atoms with Gasteiger partial charge < -0.3 is 14.6 Å². The summed E-state index contributed by atoms with van der Waals surface area (Å²) in [5.41, 5.74) is 0. The second-order valence-corrected chi connectivity index (χ2v) is 4.06. The summed E-state index contributed by atoms with van der Waals surface area (Å²) >= 11 is 0. The van der Waals surface area contributed by atoms with E-state index in [0.717, 1.165) is 25.3 Å². The van der Waals surface area contributed by atoms with Gasteiger partial charge in [-0.3, -0.25) is 0 Å². The third-order valence-corrected chi connectivity index (χ3v) is 2.70. The Balaban J connectivity index is 1.64. The number of nitrogens with zero attached hydrogens (tertiary/aromatic N) is 2. The molecule has 0 radical (unpaired) electrons. The molecule has 0 unspecified atom stereocenters. The van der Waals surface area contributed by atoms with E-state index in [0.29, 0.717) is 24.4 Å². The minimum absolute atomic E-state index is 0.377. The molecule has 0 saturated heterocycles. The molecule has 0 amide bonds. The van der Waals surface area contributed by atoms with Crippen LogP contribution in [0, 0.1) is 12.8 Å². The number of rotatable bonds is 5. The molecule has 0 atom stereocenters. The van der Waals surface area contributed by atoms with E-state index < -0.39 is 0 Å². The monoisotopic (exact) mass is 211 g/mol. The lowest BCUT2D eigenvalue weighted by Gasteiger charge is -2.34. The van der Waals surface area contributed by atoms with Gasteiger partial charge in [-0.2, -0.15) is 4.98 Å². The molecule has 1 heterocycles. The Hall–Kier alpha value is -0.940. The van der Waals surface area contributed by atoms with Crippen molar-refractivity contribution in [2.75, 3.05) is 13.6 Å². The standard InChI is InChI=1S/C10H17N3O2/c1-7-12-10(13-15-7)6-14-9-3-8(4-9)5-11-2/h8-9,11H,3-6H2,1-2H3. The topological polar surface area (TPSA) is 60.2 Å². The predicted octanol–water partition coefficient (Wildman–Crippen LogP) is 0.893. The zero-order valence-electron chi connectivity index (χ0n) is 9.19. The second-order valence-electron chi connectivity index (χ2n) is 4.06. The zero-order chi connectivity index (χ0) is 10.7. The first kappa shape index (κ1) is 10.6. The van der Waals surface area contributed by atoms with Crippen LogP contribution in [0.3, 0.4) is 0 Å². The number of ether oxygens (including phenoxy) is 1. The first-order chi connectivity index (χ1) is 7.28. The Bertz CT molecular complexity index is 307. The predicted molar refractivity (Wildman–Crippen MR) is 54.3 cm³/mol. The molecule has 1 aliphatic carbocycles. The van der Waals surface area contributed by atoms with Crippen molar-refractivity contribution in [1.29, 1.82) is 0 Å². The van der Waals surface area contributed by atoms with Crippen LogP contribution < -0.4 is 5.32 Å². The van der Waals surface area contributed by atoms with Crippen molar-refractivity contribution < 1.29 is 9.26 Å². The first-order valence-corrected chi connectivity index (χ1v) is 5.33. The van der Waals surface area contributed by atoms with Crippen LogP contribution in [0.15, 0.2) is 4.52 Å². The minimum Gasteiger partial charge on any atom is -0.370 e. The van der Waals surface area contributed by atoms with Crippen molar-refractivity contribution >= 4 is 0 Å². The highest BCUT2D eigenvalue weighted by molar-refractivity contribution is 4.84. The molecular formula is C10H17N3O2. The summed E-state index contributed by atoms with van der Waals surface area (Å²) in [6.07, 6.45) is 2.65. The van der Waals surface area contributed by atoms with E-state index in [9.17, 15) is 0 Å². The average Bonchev–Trinajstić information content (AvgIpc) is 2.55. The summed E-state index contributed by atoms with van der Waals surface area (Å²) in [4.78, 5) is 4.08. The Morgan fingerprint density at radius 3 is 2.93 bits per heavy atom. The SMILES string of the molecule is CNCC1CC(OCc2noc(C)n2)C1. The summed E-state index contributed by atoms with van der Waals surface area (Å²) in [6, 6.07) is 0. The normalized spacial score (nSPS) is 25.2. The second kappa shape index (κ2) is 4.72. The fraction of sp³-hybridized carbons (Fsp3) is 0.800. The van der Waals surface area contributed by atoms with Gasteiger partial charge in [0.2, 0.25) is 5.89 Å². The van der Waals surface area contributed by atoms with Crippen molar-refractivity contribution in [2.24, 2.45) is 5.92 Å². The van der Waals surface area contributed by atoms with E-state index in [1.165, 1.54) is 0 Å². The molecule has 84 valence electrons. The lowest BCUT2D eigenvalue weighted by molar-refractivity contribution is -0.0419. The Morgan fingerprint density at radius 1 is 1.53 bits per heavy atom. The van der Waals surface area contributed by atoms with Gasteiger partial charge in [-0.25, -0.2) is 0 Å². The lowest BCUT2D eigenvalue weighted by atomic mass is 9.82. The van der Waals surface area contributed by atoms with Crippen LogP contribution in [-0.2, 0) is 11.3 Å². The van der Waals surface area contributed by atoms with E-state index in [1.54, 1.807) is 6.92 Å². The minimum atomic E-state index is 0.377. The van der Waals surface area contributed by atoms with Crippen LogP contribution in [0.4, 0.5) is 0 Å². The lowest BCUT2D eigenvalue weighted by Crippen LogP contribution is -2.36. The smallest absolute Gasteiger partial charge is 0.223 e. The number of hydrogen-bond donors (Lipinski definition) is 1. The van der Waals surface area contributed by atoms with Gasteiger partial charge in [0.25, 0.3) is 0 Å². The van der Waals surface area contributed by atoms with Crippen LogP contribution in [0.1, 0.15) is 24.6 Å². The van der Waals surface area contributed by atoms with E-state index in [2.05, 4.69) is 15.5 Å². The zero-order valence-corrected chi connectivity index (χ0v) is 9.19. The van der Waals surface area contributed by atoms with Gasteiger partial charge in [-0.1, -0.05) is 5.16 Å². The van der Waals surface area contributed by atoms with Crippen LogP contribution in [0.25, 0.3) is 0 Å². The summed E-state index contributed by atoms with van der Waals surface area (Å²) in [6.45, 7) is 3.33. The molecule has 0 aromatic carbocycles. The molecule has 2 rings (SSSR count). The molecule has 1 aromatic rings. The third kappa shape index (κ3) is 2.76. The molecule has 5 nitrogen and oxygen atoms in total. The van der Waals surface area contributed by atoms with Crippen LogP contribution in [0.5, 0.6) is 0 Å². The van der Waals surface area contributed by atoms with E-state index in [4.69, 9.17) is 9.26 Å². The summed E-state index contributed by atoms with van der Waals surface area (Å²) in [5.74, 6) is 2.01. The molecule has 1 fully saturated rings. The maximum atomic E-state index is 5.64. The van der Waals surface area contributed by atoms with Crippen LogP contribution >= 0.6 is 0 Å². The van der Waals surface area contributed by atoms with Gasteiger partial charge in [0, 0.05) is 6.92 Å². The average molecular weight is 211 g/mol. The fourth-order valence-corrected chi connectivity index (χ4v) is 1.86. The van der Waals surface area contributed by atoms with Crippen molar-refractivity contribution in [2.45, 2.75) is 32.5 Å². The number of hydrogen-bond acceptors (Lipinski definition) is 5. The van der Waals surface area contributed by atoms with Crippen molar-refractivity contribution in [3.63, 3.8) is 0 Å². The van der Waals surface area contributed by atoms with Gasteiger partial charge in [0.05, 0.1) is 6.10 Å². The van der Waals surface area contributed by atoms with E-state index in [1.807, 2.05) is 7.05 Å². The molecule has 5 heteroatoms. The molecule has 0 bridgehead atoms. The molecule has 0 spiro atoms. The first-order valence-electron chi connectivity index (χ1n) is 5.33. The van der Waals surface area contributed by atoms with E-state index >= 15 is 0 Å². The van der Waals surface area contributed by atoms with Crippen LogP contribution in [0.2, 0.25) is 0 Å². The number of nitrogens with one attached hydrogen (secondary N) is 1. The Labute approximate surface area is 89.2 Å². The van der Waals surface area contributed by atoms with Crippen molar-refractivity contribution in [3.05, 3.63) is 11.7 Å². The van der Waals surface area contributed by atoms with Crippen molar-refractivity contribution in [3.8, 4) is 0 Å².